The summed E-state index contributed by atoms with van der Waals surface area (Å²) in [6, 6.07) is 2.29. The lowest BCUT2D eigenvalue weighted by Gasteiger charge is -2.32. The summed E-state index contributed by atoms with van der Waals surface area (Å²) < 4.78 is 55.9. The van der Waals surface area contributed by atoms with Crippen molar-refractivity contribution in [1.82, 2.24) is 9.61 Å². The summed E-state index contributed by atoms with van der Waals surface area (Å²) >= 11 is 0. The molecule has 0 unspecified atom stereocenters. The van der Waals surface area contributed by atoms with Crippen molar-refractivity contribution in [2.45, 2.75) is 49.3 Å². The monoisotopic (exact) mass is 489 g/mol. The van der Waals surface area contributed by atoms with Crippen LogP contribution in [0.4, 0.5) is 14.5 Å². The Balaban J connectivity index is 2.12. The molecule has 1 aliphatic heterocycles. The summed E-state index contributed by atoms with van der Waals surface area (Å²) in [5.74, 6) is -2.30. The zero-order valence-electron chi connectivity index (χ0n) is 18.8. The van der Waals surface area contributed by atoms with Gasteiger partial charge in [0.15, 0.2) is 9.84 Å². The van der Waals surface area contributed by atoms with Gasteiger partial charge in [0.25, 0.3) is 5.91 Å². The molecule has 8 nitrogen and oxygen atoms in total. The van der Waals surface area contributed by atoms with Crippen LogP contribution in [-0.2, 0) is 14.6 Å². The predicted octanol–water partition coefficient (Wildman–Crippen LogP) is 3.08. The quantitative estimate of drug-likeness (QED) is 0.589. The van der Waals surface area contributed by atoms with Gasteiger partial charge in [-0.25, -0.2) is 21.7 Å². The molecule has 4 rings (SSSR count). The van der Waals surface area contributed by atoms with Gasteiger partial charge in [0, 0.05) is 18.3 Å². The number of pyridine rings is 1. The van der Waals surface area contributed by atoms with Crippen LogP contribution in [0.2, 0.25) is 0 Å². The van der Waals surface area contributed by atoms with Crippen molar-refractivity contribution in [2.24, 2.45) is 5.73 Å². The molecule has 1 fully saturated rings. The number of amides is 1. The van der Waals surface area contributed by atoms with Gasteiger partial charge < -0.3 is 10.6 Å². The van der Waals surface area contributed by atoms with Crippen LogP contribution < -0.4 is 10.6 Å². The van der Waals surface area contributed by atoms with Gasteiger partial charge in [-0.2, -0.15) is 5.10 Å². The number of hydrogen-bond acceptors (Lipinski definition) is 6. The molecule has 34 heavy (non-hydrogen) atoms. The molecule has 0 spiro atoms. The van der Waals surface area contributed by atoms with Gasteiger partial charge in [0.1, 0.15) is 16.5 Å². The van der Waals surface area contributed by atoms with E-state index >= 15 is 0 Å². The highest BCUT2D eigenvalue weighted by Crippen LogP contribution is 2.45. The molecule has 3 aromatic rings. The van der Waals surface area contributed by atoms with Crippen molar-refractivity contribution in [1.29, 1.82) is 0 Å². The summed E-state index contributed by atoms with van der Waals surface area (Å²) in [5, 5.41) is 4.01. The van der Waals surface area contributed by atoms with Crippen LogP contribution in [0.25, 0.3) is 5.52 Å². The molecule has 2 N–H and O–H groups in total. The van der Waals surface area contributed by atoms with E-state index in [1.807, 2.05) is 0 Å². The fraction of sp³-hybridized carbons (Fsp3) is 0.348. The van der Waals surface area contributed by atoms with Crippen LogP contribution in [0.1, 0.15) is 61.1 Å². The Morgan fingerprint density at radius 1 is 1.26 bits per heavy atom. The molecule has 0 saturated carbocycles. The maximum absolute atomic E-state index is 14.7. The van der Waals surface area contributed by atoms with Crippen LogP contribution in [0.15, 0.2) is 35.5 Å². The van der Waals surface area contributed by atoms with E-state index in [9.17, 15) is 26.8 Å². The normalized spacial score (nSPS) is 16.9. The Bertz CT molecular complexity index is 1430. The van der Waals surface area contributed by atoms with Crippen molar-refractivity contribution in [3.05, 3.63) is 58.9 Å². The number of benzene rings is 1. The molecular formula is C23H23F2N4O4S. The summed E-state index contributed by atoms with van der Waals surface area (Å²) in [6.45, 7) is 4.75. The van der Waals surface area contributed by atoms with E-state index < -0.39 is 38.2 Å². The molecule has 0 bridgehead atoms. The third-order valence-electron chi connectivity index (χ3n) is 6.05. The number of carbonyl (C=O) groups is 1. The Hall–Kier alpha value is -3.34. The minimum absolute atomic E-state index is 0.00396. The second kappa shape index (κ2) is 8.15. The number of primary amides is 1. The van der Waals surface area contributed by atoms with Crippen molar-refractivity contribution in [3.63, 3.8) is 0 Å². The third kappa shape index (κ3) is 3.64. The number of hydrogen-bond donors (Lipinski definition) is 1. The minimum atomic E-state index is -4.09. The van der Waals surface area contributed by atoms with E-state index in [0.29, 0.717) is 12.8 Å². The number of nitrogens with zero attached hydrogens (tertiary/aromatic N) is 3. The number of carbonyl (C=O) groups excluding carboxylic acids is 2. The standard InChI is InChI=1S/C23H23F2N4O4S/c1-23(2,3)34(32,33)18-11-29-20(13(12-30)10-27-29)19(22(26)31)21(18)28-8-4-5-17(28)15-9-14(24)6-7-16(15)25/h6-7,9-11,17H,4-5,8H2,1-3H3,(H2,26,31)/t17-/m1/s1. The first-order valence-electron chi connectivity index (χ1n) is 10.6. The Labute approximate surface area is 195 Å². The highest BCUT2D eigenvalue weighted by molar-refractivity contribution is 7.93. The molecule has 1 aromatic carbocycles. The first-order valence-corrected chi connectivity index (χ1v) is 12.0. The number of nitrogens with two attached hydrogens (primary N) is 1. The van der Waals surface area contributed by atoms with Crippen molar-refractivity contribution < 1.29 is 26.8 Å². The van der Waals surface area contributed by atoms with Gasteiger partial charge in [-0.3, -0.25) is 9.59 Å². The van der Waals surface area contributed by atoms with Gasteiger partial charge in [0.05, 0.1) is 39.3 Å². The molecule has 179 valence electrons. The van der Waals surface area contributed by atoms with Crippen molar-refractivity contribution in [3.8, 4) is 0 Å². The Morgan fingerprint density at radius 2 is 1.97 bits per heavy atom. The van der Waals surface area contributed by atoms with Crippen LogP contribution in [0, 0.1) is 11.6 Å². The molecule has 0 aliphatic carbocycles. The fourth-order valence-corrected chi connectivity index (χ4v) is 5.74. The van der Waals surface area contributed by atoms with Gasteiger partial charge in [-0.05, 0) is 51.8 Å². The third-order valence-corrected chi connectivity index (χ3v) is 8.54. The number of halogens is 2. The molecule has 2 aromatic heterocycles. The van der Waals surface area contributed by atoms with E-state index in [0.717, 1.165) is 28.9 Å². The number of rotatable bonds is 5. The first-order chi connectivity index (χ1) is 15.9. The summed E-state index contributed by atoms with van der Waals surface area (Å²) in [5.41, 5.74) is 5.37. The summed E-state index contributed by atoms with van der Waals surface area (Å²) in [7, 11) is -4.09. The lowest BCUT2D eigenvalue weighted by Crippen LogP contribution is -2.34. The average molecular weight is 490 g/mol. The van der Waals surface area contributed by atoms with E-state index in [2.05, 4.69) is 5.10 Å². The van der Waals surface area contributed by atoms with Crippen LogP contribution in [0.5, 0.6) is 0 Å². The number of fused-ring (bicyclic) bond motifs is 1. The van der Waals surface area contributed by atoms with Crippen LogP contribution in [0.3, 0.4) is 0 Å². The molecule has 1 radical (unpaired) electrons. The number of anilines is 1. The average Bonchev–Trinajstić information content (AvgIpc) is 3.39. The lowest BCUT2D eigenvalue weighted by molar-refractivity contribution is 0.100. The van der Waals surface area contributed by atoms with Gasteiger partial charge in [0.2, 0.25) is 6.29 Å². The van der Waals surface area contributed by atoms with E-state index in [1.54, 1.807) is 11.2 Å². The van der Waals surface area contributed by atoms with Crippen LogP contribution >= 0.6 is 0 Å². The molecule has 11 heteroatoms. The van der Waals surface area contributed by atoms with Crippen LogP contribution in [-0.4, -0.2) is 41.5 Å². The molecule has 1 saturated heterocycles. The van der Waals surface area contributed by atoms with Crippen molar-refractivity contribution >= 4 is 33.2 Å². The smallest absolute Gasteiger partial charge is 0.253 e. The van der Waals surface area contributed by atoms with Gasteiger partial charge in [-0.15, -0.1) is 0 Å². The second-order valence-corrected chi connectivity index (χ2v) is 11.8. The van der Waals surface area contributed by atoms with E-state index in [4.69, 9.17) is 5.73 Å². The fourth-order valence-electron chi connectivity index (χ4n) is 4.36. The largest absolute Gasteiger partial charge is 0.365 e. The number of aromatic nitrogens is 2. The number of sulfone groups is 1. The maximum Gasteiger partial charge on any atom is 0.253 e. The SMILES string of the molecule is CC(C)(C)S(=O)(=O)c1cn2ncc([C]=O)c2c(C(N)=O)c1N1CCC[C@@H]1c1cc(F)ccc1F. The zero-order valence-corrected chi connectivity index (χ0v) is 19.6. The second-order valence-electron chi connectivity index (χ2n) is 9.17. The zero-order chi connectivity index (χ0) is 25.0. The highest BCUT2D eigenvalue weighted by atomic mass is 32.2. The maximum atomic E-state index is 14.7. The Morgan fingerprint density at radius 3 is 2.59 bits per heavy atom. The minimum Gasteiger partial charge on any atom is -0.365 e. The Kier molecular flexibility index (Phi) is 5.71. The van der Waals surface area contributed by atoms with Gasteiger partial charge >= 0.3 is 0 Å². The lowest BCUT2D eigenvalue weighted by atomic mass is 10.0. The van der Waals surface area contributed by atoms with Gasteiger partial charge in [-0.1, -0.05) is 0 Å². The molecule has 3 heterocycles. The topological polar surface area (TPSA) is 115 Å². The molecule has 1 atom stereocenters. The molecule has 1 amide bonds. The van der Waals surface area contributed by atoms with E-state index in [-0.39, 0.29) is 39.3 Å². The first kappa shape index (κ1) is 23.8. The highest BCUT2D eigenvalue weighted by Gasteiger charge is 2.41. The molecular weight excluding hydrogens is 466 g/mol. The van der Waals surface area contributed by atoms with E-state index in [1.165, 1.54) is 27.0 Å². The molecule has 1 aliphatic rings. The summed E-state index contributed by atoms with van der Waals surface area (Å²) in [6.07, 6.45) is 4.96. The van der Waals surface area contributed by atoms with Crippen molar-refractivity contribution in [2.75, 3.05) is 11.4 Å². The predicted molar refractivity (Wildman–Crippen MR) is 121 cm³/mol. The summed E-state index contributed by atoms with van der Waals surface area (Å²) in [4.78, 5) is 25.6.